The molecule has 2 atom stereocenters. The van der Waals surface area contributed by atoms with Gasteiger partial charge in [0.15, 0.2) is 0 Å². The summed E-state index contributed by atoms with van der Waals surface area (Å²) in [6.07, 6.45) is 0.674. The van der Waals surface area contributed by atoms with E-state index in [1.165, 1.54) is 0 Å². The highest BCUT2D eigenvalue weighted by molar-refractivity contribution is 5.89. The Balaban J connectivity index is 1.58. The zero-order chi connectivity index (χ0) is 15.5. The molecule has 3 rings (SSSR count). The van der Waals surface area contributed by atoms with E-state index in [1.54, 1.807) is 12.1 Å². The molecule has 0 spiro atoms. The predicted molar refractivity (Wildman–Crippen MR) is 80.5 cm³/mol. The molecule has 4 nitrogen and oxygen atoms in total. The van der Waals surface area contributed by atoms with Gasteiger partial charge in [0.25, 0.3) is 0 Å². The molecule has 4 heteroatoms. The van der Waals surface area contributed by atoms with Crippen molar-refractivity contribution < 1.29 is 19.4 Å². The van der Waals surface area contributed by atoms with E-state index in [0.717, 1.165) is 11.1 Å². The van der Waals surface area contributed by atoms with Crippen molar-refractivity contribution in [2.24, 2.45) is 5.92 Å². The van der Waals surface area contributed by atoms with Crippen LogP contribution in [0.25, 0.3) is 0 Å². The third-order valence-corrected chi connectivity index (χ3v) is 3.89. The van der Waals surface area contributed by atoms with Crippen LogP contribution in [0.1, 0.15) is 33.8 Å². The first-order chi connectivity index (χ1) is 10.6. The van der Waals surface area contributed by atoms with E-state index in [4.69, 9.17) is 9.84 Å². The summed E-state index contributed by atoms with van der Waals surface area (Å²) in [5, 5.41) is 8.93. The van der Waals surface area contributed by atoms with Crippen molar-refractivity contribution in [2.45, 2.75) is 18.9 Å². The van der Waals surface area contributed by atoms with Gasteiger partial charge >= 0.3 is 11.9 Å². The molecule has 22 heavy (non-hydrogen) atoms. The summed E-state index contributed by atoms with van der Waals surface area (Å²) in [7, 11) is 0. The van der Waals surface area contributed by atoms with Crippen LogP contribution in [0.5, 0.6) is 0 Å². The number of carbonyl (C=O) groups is 2. The van der Waals surface area contributed by atoms with Crippen molar-refractivity contribution in [1.82, 2.24) is 0 Å². The maximum Gasteiger partial charge on any atom is 0.338 e. The minimum absolute atomic E-state index is 0.0758. The Kier molecular flexibility index (Phi) is 3.92. The summed E-state index contributed by atoms with van der Waals surface area (Å²) in [5.41, 5.74) is 2.38. The number of aliphatic carboxylic acids is 1. The van der Waals surface area contributed by atoms with Crippen molar-refractivity contribution >= 4 is 11.9 Å². The maximum atomic E-state index is 12.0. The van der Waals surface area contributed by atoms with Crippen LogP contribution in [0.2, 0.25) is 0 Å². The standard InChI is InChI=1S/C18H16O4/c19-17(20)16-10-15(16)13-6-8-14(9-7-13)18(21)22-11-12-4-2-1-3-5-12/h1-9,15-16H,10-11H2,(H,19,20). The fourth-order valence-corrected chi connectivity index (χ4v) is 2.51. The van der Waals surface area contributed by atoms with Gasteiger partial charge < -0.3 is 9.84 Å². The summed E-state index contributed by atoms with van der Waals surface area (Å²) in [6, 6.07) is 16.5. The first-order valence-corrected chi connectivity index (χ1v) is 7.19. The van der Waals surface area contributed by atoms with Crippen LogP contribution in [-0.2, 0) is 16.1 Å². The maximum absolute atomic E-state index is 12.0. The second-order valence-electron chi connectivity index (χ2n) is 5.47. The molecule has 2 unspecified atom stereocenters. The fraction of sp³-hybridized carbons (Fsp3) is 0.222. The van der Waals surface area contributed by atoms with Gasteiger partial charge in [0, 0.05) is 0 Å². The number of rotatable bonds is 5. The van der Waals surface area contributed by atoms with Crippen LogP contribution in [0.4, 0.5) is 0 Å². The van der Waals surface area contributed by atoms with Crippen LogP contribution < -0.4 is 0 Å². The molecule has 0 bridgehead atoms. The lowest BCUT2D eigenvalue weighted by Gasteiger charge is -2.06. The molecule has 1 fully saturated rings. The van der Waals surface area contributed by atoms with Crippen molar-refractivity contribution in [1.29, 1.82) is 0 Å². The van der Waals surface area contributed by atoms with Gasteiger partial charge in [-0.15, -0.1) is 0 Å². The van der Waals surface area contributed by atoms with E-state index in [2.05, 4.69) is 0 Å². The smallest absolute Gasteiger partial charge is 0.338 e. The molecular formula is C18H16O4. The zero-order valence-electron chi connectivity index (χ0n) is 11.9. The van der Waals surface area contributed by atoms with E-state index in [9.17, 15) is 9.59 Å². The van der Waals surface area contributed by atoms with Crippen molar-refractivity contribution in [3.8, 4) is 0 Å². The van der Waals surface area contributed by atoms with Crippen molar-refractivity contribution in [2.75, 3.05) is 0 Å². The minimum Gasteiger partial charge on any atom is -0.481 e. The summed E-state index contributed by atoms with van der Waals surface area (Å²) < 4.78 is 5.26. The average Bonchev–Trinajstić information content (AvgIpc) is 3.35. The summed E-state index contributed by atoms with van der Waals surface area (Å²) >= 11 is 0. The average molecular weight is 296 g/mol. The van der Waals surface area contributed by atoms with Crippen molar-refractivity contribution in [3.05, 3.63) is 71.3 Å². The van der Waals surface area contributed by atoms with Gasteiger partial charge in [-0.2, -0.15) is 0 Å². The number of hydrogen-bond donors (Lipinski definition) is 1. The second-order valence-corrected chi connectivity index (χ2v) is 5.47. The molecule has 1 aliphatic rings. The van der Waals surface area contributed by atoms with Gasteiger partial charge in [0.1, 0.15) is 6.61 Å². The van der Waals surface area contributed by atoms with E-state index < -0.39 is 5.97 Å². The number of carboxylic acids is 1. The lowest BCUT2D eigenvalue weighted by Crippen LogP contribution is -2.05. The topological polar surface area (TPSA) is 63.6 Å². The summed E-state index contributed by atoms with van der Waals surface area (Å²) in [4.78, 5) is 22.8. The molecular weight excluding hydrogens is 280 g/mol. The molecule has 0 saturated heterocycles. The Labute approximate surface area is 128 Å². The normalized spacial score (nSPS) is 19.5. The van der Waals surface area contributed by atoms with E-state index >= 15 is 0 Å². The highest BCUT2D eigenvalue weighted by atomic mass is 16.5. The van der Waals surface area contributed by atoms with Gasteiger partial charge in [-0.1, -0.05) is 42.5 Å². The number of benzene rings is 2. The minimum atomic E-state index is -0.753. The Morgan fingerprint density at radius 1 is 1.05 bits per heavy atom. The second kappa shape index (κ2) is 6.02. The first-order valence-electron chi connectivity index (χ1n) is 7.19. The quantitative estimate of drug-likeness (QED) is 0.860. The monoisotopic (exact) mass is 296 g/mol. The zero-order valence-corrected chi connectivity index (χ0v) is 11.9. The Hall–Kier alpha value is -2.62. The van der Waals surface area contributed by atoms with E-state index in [1.807, 2.05) is 42.5 Å². The fourth-order valence-electron chi connectivity index (χ4n) is 2.51. The van der Waals surface area contributed by atoms with E-state index in [0.29, 0.717) is 12.0 Å². The number of ether oxygens (including phenoxy) is 1. The van der Waals surface area contributed by atoms with Gasteiger partial charge in [0.2, 0.25) is 0 Å². The van der Waals surface area contributed by atoms with Crippen LogP contribution >= 0.6 is 0 Å². The molecule has 2 aromatic rings. The molecule has 0 heterocycles. The van der Waals surface area contributed by atoms with Crippen LogP contribution in [0.3, 0.4) is 0 Å². The summed E-state index contributed by atoms with van der Waals surface area (Å²) in [5.74, 6) is -1.33. The third-order valence-electron chi connectivity index (χ3n) is 3.89. The number of carboxylic acid groups (broad SMARTS) is 1. The predicted octanol–water partition coefficient (Wildman–Crippen LogP) is 3.23. The SMILES string of the molecule is O=C(OCc1ccccc1)c1ccc(C2CC2C(=O)O)cc1. The molecule has 1 aliphatic carbocycles. The van der Waals surface area contributed by atoms with E-state index in [-0.39, 0.29) is 24.4 Å². The largest absolute Gasteiger partial charge is 0.481 e. The first kappa shape index (κ1) is 14.3. The van der Waals surface area contributed by atoms with Crippen LogP contribution in [0, 0.1) is 5.92 Å². The van der Waals surface area contributed by atoms with Gasteiger partial charge in [-0.3, -0.25) is 4.79 Å². The van der Waals surface area contributed by atoms with Gasteiger partial charge in [0.05, 0.1) is 11.5 Å². The van der Waals surface area contributed by atoms with Gasteiger partial charge in [-0.05, 0) is 35.6 Å². The van der Waals surface area contributed by atoms with Gasteiger partial charge in [-0.25, -0.2) is 4.79 Å². The lowest BCUT2D eigenvalue weighted by atomic mass is 10.1. The van der Waals surface area contributed by atoms with Crippen LogP contribution in [-0.4, -0.2) is 17.0 Å². The molecule has 0 radical (unpaired) electrons. The molecule has 1 saturated carbocycles. The third kappa shape index (κ3) is 3.17. The lowest BCUT2D eigenvalue weighted by molar-refractivity contribution is -0.138. The molecule has 0 amide bonds. The highest BCUT2D eigenvalue weighted by Gasteiger charge is 2.44. The Morgan fingerprint density at radius 3 is 2.32 bits per heavy atom. The van der Waals surface area contributed by atoms with Crippen LogP contribution in [0.15, 0.2) is 54.6 Å². The Morgan fingerprint density at radius 2 is 1.73 bits per heavy atom. The Bertz CT molecular complexity index is 676. The molecule has 112 valence electrons. The molecule has 1 N–H and O–H groups in total. The molecule has 0 aromatic heterocycles. The summed E-state index contributed by atoms with van der Waals surface area (Å²) in [6.45, 7) is 0.241. The van der Waals surface area contributed by atoms with Crippen molar-refractivity contribution in [3.63, 3.8) is 0 Å². The molecule has 0 aliphatic heterocycles. The molecule has 2 aromatic carbocycles. The number of hydrogen-bond acceptors (Lipinski definition) is 3. The highest BCUT2D eigenvalue weighted by Crippen LogP contribution is 2.47. The number of carbonyl (C=O) groups excluding carboxylic acids is 1. The number of esters is 1.